The number of anilines is 1. The van der Waals surface area contributed by atoms with Gasteiger partial charge in [0, 0.05) is 31.4 Å². The van der Waals surface area contributed by atoms with Crippen LogP contribution < -0.4 is 10.6 Å². The van der Waals surface area contributed by atoms with Gasteiger partial charge in [0.15, 0.2) is 0 Å². The van der Waals surface area contributed by atoms with E-state index >= 15 is 0 Å². The van der Waals surface area contributed by atoms with Crippen molar-refractivity contribution >= 4 is 27.5 Å². The first-order chi connectivity index (χ1) is 13.4. The monoisotopic (exact) mass is 401 g/mol. The molecule has 0 unspecified atom stereocenters. The van der Waals surface area contributed by atoms with Crippen molar-refractivity contribution in [3.63, 3.8) is 0 Å². The molecule has 2 N–H and O–H groups in total. The molecule has 28 heavy (non-hydrogen) atoms. The number of nitrogens with one attached hydrogen (secondary N) is 2. The highest BCUT2D eigenvalue weighted by molar-refractivity contribution is 7.89. The van der Waals surface area contributed by atoms with Gasteiger partial charge in [-0.25, -0.2) is 8.42 Å². The highest BCUT2D eigenvalue weighted by Crippen LogP contribution is 2.22. The topological polar surface area (TPSA) is 95.6 Å². The van der Waals surface area contributed by atoms with E-state index in [0.29, 0.717) is 24.3 Å². The molecule has 0 aliphatic carbocycles. The number of carbonyl (C=O) groups excluding carboxylic acids is 2. The summed E-state index contributed by atoms with van der Waals surface area (Å²) in [7, 11) is -2.04. The van der Waals surface area contributed by atoms with Crippen molar-refractivity contribution in [2.24, 2.45) is 0 Å². The summed E-state index contributed by atoms with van der Waals surface area (Å²) in [6.45, 7) is 1.01. The molecule has 148 valence electrons. The molecule has 3 rings (SSSR count). The first-order valence-corrected chi connectivity index (χ1v) is 10.6. The van der Waals surface area contributed by atoms with E-state index in [0.717, 1.165) is 12.8 Å². The summed E-state index contributed by atoms with van der Waals surface area (Å²) >= 11 is 0. The normalized spacial score (nSPS) is 14.6. The molecule has 0 aromatic heterocycles. The smallest absolute Gasteiger partial charge is 0.255 e. The van der Waals surface area contributed by atoms with Crippen LogP contribution >= 0.6 is 0 Å². The molecule has 1 aliphatic rings. The molecule has 0 saturated carbocycles. The highest BCUT2D eigenvalue weighted by Gasteiger charge is 2.27. The Labute approximate surface area is 164 Å². The zero-order valence-electron chi connectivity index (χ0n) is 15.6. The molecule has 2 aromatic carbocycles. The summed E-state index contributed by atoms with van der Waals surface area (Å²) in [5.74, 6) is -0.594. The van der Waals surface area contributed by atoms with E-state index in [1.165, 1.54) is 16.4 Å². The molecule has 0 radical (unpaired) electrons. The van der Waals surface area contributed by atoms with E-state index in [1.807, 2.05) is 0 Å². The summed E-state index contributed by atoms with van der Waals surface area (Å²) in [4.78, 5) is 24.5. The summed E-state index contributed by atoms with van der Waals surface area (Å²) in [6, 6.07) is 13.1. The van der Waals surface area contributed by atoms with Crippen LogP contribution in [0.4, 0.5) is 5.69 Å². The molecular weight excluding hydrogens is 378 g/mol. The quantitative estimate of drug-likeness (QED) is 0.774. The summed E-state index contributed by atoms with van der Waals surface area (Å²) in [6.07, 6.45) is 1.83. The lowest BCUT2D eigenvalue weighted by molar-refractivity contribution is -0.119. The predicted molar refractivity (Wildman–Crippen MR) is 107 cm³/mol. The van der Waals surface area contributed by atoms with E-state index in [4.69, 9.17) is 0 Å². The number of likely N-dealkylation sites (N-methyl/N-ethyl adjacent to an activating group) is 1. The molecule has 7 nitrogen and oxygen atoms in total. The minimum atomic E-state index is -3.59. The SMILES string of the molecule is CNC(=O)Cc1ccccc1NC(=O)c1cccc(S(=O)(=O)N2CCCC2)c1. The van der Waals surface area contributed by atoms with E-state index in [9.17, 15) is 18.0 Å². The Morgan fingerprint density at radius 2 is 1.75 bits per heavy atom. The van der Waals surface area contributed by atoms with Crippen LogP contribution in [0.3, 0.4) is 0 Å². The summed E-state index contributed by atoms with van der Waals surface area (Å²) in [5, 5.41) is 5.33. The fraction of sp³-hybridized carbons (Fsp3) is 0.300. The molecule has 8 heteroatoms. The number of benzene rings is 2. The zero-order valence-corrected chi connectivity index (χ0v) is 16.5. The number of sulfonamides is 1. The minimum Gasteiger partial charge on any atom is -0.359 e. The lowest BCUT2D eigenvalue weighted by Gasteiger charge is -2.16. The van der Waals surface area contributed by atoms with Crippen molar-refractivity contribution < 1.29 is 18.0 Å². The number of rotatable bonds is 6. The highest BCUT2D eigenvalue weighted by atomic mass is 32.2. The van der Waals surface area contributed by atoms with Crippen molar-refractivity contribution in [2.45, 2.75) is 24.2 Å². The average molecular weight is 401 g/mol. The minimum absolute atomic E-state index is 0.112. The second-order valence-electron chi connectivity index (χ2n) is 6.60. The van der Waals surface area contributed by atoms with Gasteiger partial charge in [0.2, 0.25) is 15.9 Å². The van der Waals surface area contributed by atoms with Gasteiger partial charge >= 0.3 is 0 Å². The molecule has 2 amide bonds. The van der Waals surface area contributed by atoms with Gasteiger partial charge in [0.05, 0.1) is 11.3 Å². The van der Waals surface area contributed by atoms with Crippen LogP contribution in [-0.4, -0.2) is 44.7 Å². The number of carbonyl (C=O) groups is 2. The molecule has 1 aliphatic heterocycles. The van der Waals surface area contributed by atoms with Crippen LogP contribution in [0.5, 0.6) is 0 Å². The van der Waals surface area contributed by atoms with Gasteiger partial charge in [-0.15, -0.1) is 0 Å². The number of para-hydroxylation sites is 1. The lowest BCUT2D eigenvalue weighted by Crippen LogP contribution is -2.28. The Hall–Kier alpha value is -2.71. The molecule has 2 aromatic rings. The molecule has 0 atom stereocenters. The average Bonchev–Trinajstić information content (AvgIpc) is 3.25. The molecule has 1 heterocycles. The molecule has 0 spiro atoms. The summed E-state index contributed by atoms with van der Waals surface area (Å²) < 4.78 is 26.9. The standard InChI is InChI=1S/C20H23N3O4S/c1-21-19(24)14-15-7-2-3-10-18(15)22-20(25)16-8-6-9-17(13-16)28(26,27)23-11-4-5-12-23/h2-3,6-10,13H,4-5,11-12,14H2,1H3,(H,21,24)(H,22,25). The van der Waals surface area contributed by atoms with Crippen LogP contribution in [0.25, 0.3) is 0 Å². The van der Waals surface area contributed by atoms with Crippen molar-refractivity contribution in [1.29, 1.82) is 0 Å². The van der Waals surface area contributed by atoms with Crippen LogP contribution in [-0.2, 0) is 21.2 Å². The third-order valence-corrected chi connectivity index (χ3v) is 6.59. The van der Waals surface area contributed by atoms with E-state index in [1.54, 1.807) is 43.4 Å². The van der Waals surface area contributed by atoms with E-state index < -0.39 is 15.9 Å². The van der Waals surface area contributed by atoms with Crippen molar-refractivity contribution in [1.82, 2.24) is 9.62 Å². The molecule has 1 fully saturated rings. The Bertz CT molecular complexity index is 982. The fourth-order valence-corrected chi connectivity index (χ4v) is 4.69. The van der Waals surface area contributed by atoms with Gasteiger partial charge in [-0.2, -0.15) is 4.31 Å². The lowest BCUT2D eigenvalue weighted by atomic mass is 10.1. The van der Waals surface area contributed by atoms with E-state index in [-0.39, 0.29) is 22.8 Å². The van der Waals surface area contributed by atoms with Gasteiger partial charge in [0.1, 0.15) is 0 Å². The molecule has 0 bridgehead atoms. The largest absolute Gasteiger partial charge is 0.359 e. The summed E-state index contributed by atoms with van der Waals surface area (Å²) in [5.41, 5.74) is 1.44. The van der Waals surface area contributed by atoms with Crippen LogP contribution in [0, 0.1) is 0 Å². The second-order valence-corrected chi connectivity index (χ2v) is 8.54. The maximum atomic E-state index is 12.7. The van der Waals surface area contributed by atoms with Crippen molar-refractivity contribution in [3.8, 4) is 0 Å². The van der Waals surface area contributed by atoms with Crippen LogP contribution in [0.15, 0.2) is 53.4 Å². The van der Waals surface area contributed by atoms with Crippen LogP contribution in [0.2, 0.25) is 0 Å². The maximum absolute atomic E-state index is 12.7. The van der Waals surface area contributed by atoms with Crippen molar-refractivity contribution in [2.75, 3.05) is 25.5 Å². The number of hydrogen-bond donors (Lipinski definition) is 2. The van der Waals surface area contributed by atoms with Crippen molar-refractivity contribution in [3.05, 3.63) is 59.7 Å². The second kappa shape index (κ2) is 8.53. The predicted octanol–water partition coefficient (Wildman–Crippen LogP) is 2.01. The third kappa shape index (κ3) is 4.40. The Morgan fingerprint density at radius 3 is 2.46 bits per heavy atom. The van der Waals surface area contributed by atoms with Gasteiger partial charge < -0.3 is 10.6 Å². The molecular formula is C20H23N3O4S. The van der Waals surface area contributed by atoms with Gasteiger partial charge in [-0.1, -0.05) is 24.3 Å². The first kappa shape index (κ1) is 20.0. The maximum Gasteiger partial charge on any atom is 0.255 e. The molecule has 1 saturated heterocycles. The Morgan fingerprint density at radius 1 is 1.04 bits per heavy atom. The van der Waals surface area contributed by atoms with Gasteiger partial charge in [0.25, 0.3) is 5.91 Å². The number of nitrogens with zero attached hydrogens (tertiary/aromatic N) is 1. The van der Waals surface area contributed by atoms with E-state index in [2.05, 4.69) is 10.6 Å². The van der Waals surface area contributed by atoms with Gasteiger partial charge in [-0.05, 0) is 42.7 Å². The Kier molecular flexibility index (Phi) is 6.11. The fourth-order valence-electron chi connectivity index (χ4n) is 3.13. The third-order valence-electron chi connectivity index (χ3n) is 4.69. The first-order valence-electron chi connectivity index (χ1n) is 9.12. The zero-order chi connectivity index (χ0) is 20.1. The van der Waals surface area contributed by atoms with Crippen LogP contribution in [0.1, 0.15) is 28.8 Å². The number of hydrogen-bond acceptors (Lipinski definition) is 4. The Balaban J connectivity index is 1.82. The number of amides is 2. The van der Waals surface area contributed by atoms with Gasteiger partial charge in [-0.3, -0.25) is 9.59 Å².